The van der Waals surface area contributed by atoms with E-state index in [1.54, 1.807) is 48.1 Å². The number of aromatic nitrogens is 1. The number of anilines is 1. The lowest BCUT2D eigenvalue weighted by Crippen LogP contribution is -2.36. The maximum absolute atomic E-state index is 14.6. The minimum Gasteiger partial charge on any atom is -0.443 e. The fourth-order valence-electron chi connectivity index (χ4n) is 3.85. The fraction of sp³-hybridized carbons (Fsp3) is 0.304. The number of piperidine rings is 1. The van der Waals surface area contributed by atoms with Gasteiger partial charge < -0.3 is 19.7 Å². The molecular weight excluding hydrogens is 399 g/mol. The lowest BCUT2D eigenvalue weighted by atomic mass is 10.1. The number of nitrogens with one attached hydrogen (secondary N) is 1. The number of rotatable bonds is 5. The highest BCUT2D eigenvalue weighted by Gasteiger charge is 2.24. The van der Waals surface area contributed by atoms with Crippen LogP contribution in [0.5, 0.6) is 0 Å². The van der Waals surface area contributed by atoms with Gasteiger partial charge >= 0.3 is 0 Å². The molecule has 0 saturated carbocycles. The second-order valence-electron chi connectivity index (χ2n) is 7.60. The number of carbonyl (C=O) groups is 1. The van der Waals surface area contributed by atoms with Gasteiger partial charge in [-0.05, 0) is 49.6 Å². The lowest BCUT2D eigenvalue weighted by Gasteiger charge is -2.31. The van der Waals surface area contributed by atoms with E-state index < -0.39 is 5.91 Å². The third kappa shape index (κ3) is 4.18. The van der Waals surface area contributed by atoms with Gasteiger partial charge in [0.15, 0.2) is 0 Å². The average Bonchev–Trinajstić information content (AvgIpc) is 3.40. The molecule has 0 aliphatic carbocycles. The molecule has 2 aromatic heterocycles. The van der Waals surface area contributed by atoms with Crippen LogP contribution in [0.15, 0.2) is 47.1 Å². The lowest BCUT2D eigenvalue weighted by molar-refractivity contribution is 0.0949. The summed E-state index contributed by atoms with van der Waals surface area (Å²) in [5.41, 5.74) is 1.43. The van der Waals surface area contributed by atoms with Crippen molar-refractivity contribution in [3.05, 3.63) is 71.0 Å². The van der Waals surface area contributed by atoms with Gasteiger partial charge in [-0.2, -0.15) is 5.26 Å². The van der Waals surface area contributed by atoms with Crippen LogP contribution in [0, 0.1) is 24.1 Å². The molecule has 0 spiro atoms. The molecule has 0 atom stereocenters. The summed E-state index contributed by atoms with van der Waals surface area (Å²) in [7, 11) is 0. The Labute approximate surface area is 179 Å². The van der Waals surface area contributed by atoms with Crippen molar-refractivity contribution in [3.63, 3.8) is 0 Å². The van der Waals surface area contributed by atoms with Crippen LogP contribution >= 0.6 is 0 Å². The van der Waals surface area contributed by atoms with Crippen molar-refractivity contribution < 1.29 is 18.7 Å². The SMILES string of the molecule is Cc1oc(-n2cccc2)c(C#N)c1C(=O)NCc1ccc(N2CCC(O)CC2)c(F)c1. The van der Waals surface area contributed by atoms with Crippen LogP contribution in [0.25, 0.3) is 5.88 Å². The van der Waals surface area contributed by atoms with Crippen LogP contribution < -0.4 is 10.2 Å². The molecular formula is C23H23FN4O3. The van der Waals surface area contributed by atoms with Crippen LogP contribution in [-0.2, 0) is 6.54 Å². The summed E-state index contributed by atoms with van der Waals surface area (Å²) in [4.78, 5) is 14.7. The minimum absolute atomic E-state index is 0.114. The molecule has 1 saturated heterocycles. The molecule has 8 heteroatoms. The molecule has 0 radical (unpaired) electrons. The summed E-state index contributed by atoms with van der Waals surface area (Å²) in [5, 5.41) is 22.0. The fourth-order valence-corrected chi connectivity index (χ4v) is 3.85. The first kappa shape index (κ1) is 20.7. The van der Waals surface area contributed by atoms with E-state index in [-0.39, 0.29) is 35.5 Å². The second kappa shape index (κ2) is 8.66. The summed E-state index contributed by atoms with van der Waals surface area (Å²) < 4.78 is 21.9. The zero-order valence-electron chi connectivity index (χ0n) is 17.1. The van der Waals surface area contributed by atoms with Gasteiger partial charge in [0.25, 0.3) is 5.91 Å². The van der Waals surface area contributed by atoms with E-state index in [4.69, 9.17) is 4.42 Å². The Morgan fingerprint density at radius 2 is 2.03 bits per heavy atom. The van der Waals surface area contributed by atoms with Crippen LogP contribution in [0.4, 0.5) is 10.1 Å². The van der Waals surface area contributed by atoms with E-state index >= 15 is 0 Å². The van der Waals surface area contributed by atoms with Gasteiger partial charge in [-0.3, -0.25) is 9.36 Å². The molecule has 3 heterocycles. The van der Waals surface area contributed by atoms with Crippen LogP contribution in [0.1, 0.15) is 40.1 Å². The first-order chi connectivity index (χ1) is 15.0. The Balaban J connectivity index is 1.47. The summed E-state index contributed by atoms with van der Waals surface area (Å²) in [6.07, 6.45) is 4.38. The van der Waals surface area contributed by atoms with Crippen LogP contribution in [0.3, 0.4) is 0 Å². The average molecular weight is 422 g/mol. The number of amides is 1. The van der Waals surface area contributed by atoms with E-state index in [9.17, 15) is 19.6 Å². The van der Waals surface area contributed by atoms with E-state index in [1.165, 1.54) is 6.07 Å². The van der Waals surface area contributed by atoms with Gasteiger partial charge in [-0.25, -0.2) is 4.39 Å². The first-order valence-electron chi connectivity index (χ1n) is 10.1. The van der Waals surface area contributed by atoms with Crippen molar-refractivity contribution in [1.82, 2.24) is 9.88 Å². The van der Waals surface area contributed by atoms with E-state index in [0.717, 1.165) is 0 Å². The Bertz CT molecular complexity index is 1120. The summed E-state index contributed by atoms with van der Waals surface area (Å²) in [5.74, 6) is -0.190. The number of nitriles is 1. The minimum atomic E-state index is -0.453. The van der Waals surface area contributed by atoms with Crippen LogP contribution in [-0.4, -0.2) is 34.8 Å². The highest BCUT2D eigenvalue weighted by molar-refractivity contribution is 5.98. The molecule has 0 unspecified atom stereocenters. The number of aryl methyl sites for hydroxylation is 1. The smallest absolute Gasteiger partial charge is 0.256 e. The number of aliphatic hydroxyl groups excluding tert-OH is 1. The van der Waals surface area contributed by atoms with Gasteiger partial charge in [0, 0.05) is 32.0 Å². The number of carbonyl (C=O) groups excluding carboxylic acids is 1. The Morgan fingerprint density at radius 1 is 1.32 bits per heavy atom. The Morgan fingerprint density at radius 3 is 2.68 bits per heavy atom. The van der Waals surface area contributed by atoms with E-state index in [0.29, 0.717) is 42.9 Å². The molecule has 1 fully saturated rings. The maximum Gasteiger partial charge on any atom is 0.256 e. The summed E-state index contributed by atoms with van der Waals surface area (Å²) in [6.45, 7) is 2.96. The quantitative estimate of drug-likeness (QED) is 0.658. The molecule has 160 valence electrons. The van der Waals surface area contributed by atoms with Gasteiger partial charge in [0.1, 0.15) is 28.8 Å². The molecule has 1 aromatic carbocycles. The summed E-state index contributed by atoms with van der Waals surface area (Å²) in [6, 6.07) is 10.5. The van der Waals surface area contributed by atoms with Crippen molar-refractivity contribution in [3.8, 4) is 12.0 Å². The number of aliphatic hydroxyl groups is 1. The molecule has 1 amide bonds. The molecule has 1 aliphatic heterocycles. The van der Waals surface area contributed by atoms with Crippen molar-refractivity contribution in [2.75, 3.05) is 18.0 Å². The number of nitrogens with zero attached hydrogens (tertiary/aromatic N) is 3. The highest BCUT2D eigenvalue weighted by atomic mass is 19.1. The highest BCUT2D eigenvalue weighted by Crippen LogP contribution is 2.26. The Hall–Kier alpha value is -3.57. The van der Waals surface area contributed by atoms with Gasteiger partial charge in [0.05, 0.1) is 11.8 Å². The number of halogens is 1. The van der Waals surface area contributed by atoms with E-state index in [2.05, 4.69) is 5.32 Å². The molecule has 3 aromatic rings. The van der Waals surface area contributed by atoms with Gasteiger partial charge in [0.2, 0.25) is 5.88 Å². The zero-order valence-corrected chi connectivity index (χ0v) is 17.1. The van der Waals surface area contributed by atoms with Crippen LogP contribution in [0.2, 0.25) is 0 Å². The van der Waals surface area contributed by atoms with Crippen molar-refractivity contribution >= 4 is 11.6 Å². The predicted octanol–water partition coefficient (Wildman–Crippen LogP) is 3.28. The van der Waals surface area contributed by atoms with Crippen molar-refractivity contribution in [2.24, 2.45) is 0 Å². The second-order valence-corrected chi connectivity index (χ2v) is 7.60. The largest absolute Gasteiger partial charge is 0.443 e. The maximum atomic E-state index is 14.6. The molecule has 0 bridgehead atoms. The summed E-state index contributed by atoms with van der Waals surface area (Å²) >= 11 is 0. The van der Waals surface area contributed by atoms with E-state index in [1.807, 2.05) is 11.0 Å². The zero-order chi connectivity index (χ0) is 22.0. The van der Waals surface area contributed by atoms with Gasteiger partial charge in [-0.15, -0.1) is 0 Å². The molecule has 1 aliphatic rings. The predicted molar refractivity (Wildman–Crippen MR) is 113 cm³/mol. The number of furan rings is 1. The normalized spacial score (nSPS) is 14.5. The topological polar surface area (TPSA) is 94.4 Å². The van der Waals surface area contributed by atoms with Gasteiger partial charge in [-0.1, -0.05) is 6.07 Å². The molecule has 31 heavy (non-hydrogen) atoms. The third-order valence-electron chi connectivity index (χ3n) is 5.51. The number of benzene rings is 1. The first-order valence-corrected chi connectivity index (χ1v) is 10.1. The Kier molecular flexibility index (Phi) is 5.78. The van der Waals surface area contributed by atoms with Crippen molar-refractivity contribution in [2.45, 2.75) is 32.4 Å². The molecule has 4 rings (SSSR count). The third-order valence-corrected chi connectivity index (χ3v) is 5.51. The number of hydrogen-bond acceptors (Lipinski definition) is 5. The molecule has 2 N–H and O–H groups in total. The van der Waals surface area contributed by atoms with Crippen molar-refractivity contribution in [1.29, 1.82) is 5.26 Å². The molecule has 7 nitrogen and oxygen atoms in total. The standard InChI is InChI=1S/C23H23FN4O3/c1-15-21(18(13-25)23(31-15)28-8-2-3-9-28)22(30)26-14-16-4-5-20(19(24)12-16)27-10-6-17(29)7-11-27/h2-5,8-9,12,17,29H,6-7,10-11,14H2,1H3,(H,26,30). The monoisotopic (exact) mass is 422 g/mol. The number of hydrogen-bond donors (Lipinski definition) is 2.